The van der Waals surface area contributed by atoms with Gasteiger partial charge in [-0.1, -0.05) is 12.1 Å². The average molecular weight is 353 g/mol. The number of hydrazine groups is 1. The second-order valence-corrected chi connectivity index (χ2v) is 5.31. The van der Waals surface area contributed by atoms with Crippen molar-refractivity contribution in [2.45, 2.75) is 6.92 Å². The number of nitrogens with one attached hydrogen (secondary N) is 3. The van der Waals surface area contributed by atoms with Gasteiger partial charge in [0, 0.05) is 24.3 Å². The largest absolute Gasteiger partial charge is 0.497 e. The van der Waals surface area contributed by atoms with Crippen molar-refractivity contribution in [2.24, 2.45) is 0 Å². The molecule has 0 saturated carbocycles. The number of anilines is 1. The van der Waals surface area contributed by atoms with E-state index >= 15 is 0 Å². The van der Waals surface area contributed by atoms with Crippen LogP contribution in [0.2, 0.25) is 0 Å². The summed E-state index contributed by atoms with van der Waals surface area (Å²) >= 11 is 0. The monoisotopic (exact) mass is 353 g/mol. The number of benzene rings is 2. The molecule has 0 aliphatic carbocycles. The minimum atomic E-state index is -0.468. The molecule has 0 aliphatic rings. The fraction of sp³-hybridized carbons (Fsp3) is 0.105. The van der Waals surface area contributed by atoms with Crippen molar-refractivity contribution >= 4 is 29.5 Å². The highest BCUT2D eigenvalue weighted by Gasteiger charge is 2.06. The average Bonchev–Trinajstić information content (AvgIpc) is 2.65. The lowest BCUT2D eigenvalue weighted by atomic mass is 10.2. The van der Waals surface area contributed by atoms with Gasteiger partial charge in [-0.3, -0.25) is 25.2 Å². The van der Waals surface area contributed by atoms with Gasteiger partial charge in [-0.05, 0) is 48.0 Å². The van der Waals surface area contributed by atoms with Gasteiger partial charge in [-0.15, -0.1) is 0 Å². The highest BCUT2D eigenvalue weighted by atomic mass is 16.5. The topological polar surface area (TPSA) is 96.5 Å². The van der Waals surface area contributed by atoms with Crippen molar-refractivity contribution < 1.29 is 19.1 Å². The molecular formula is C19H19N3O4. The molecular weight excluding hydrogens is 334 g/mol. The molecule has 0 radical (unpaired) electrons. The summed E-state index contributed by atoms with van der Waals surface area (Å²) in [5.41, 5.74) is 6.37. The van der Waals surface area contributed by atoms with E-state index in [1.54, 1.807) is 61.7 Å². The molecule has 0 heterocycles. The Morgan fingerprint density at radius 3 is 2.15 bits per heavy atom. The van der Waals surface area contributed by atoms with E-state index < -0.39 is 11.8 Å². The second-order valence-electron chi connectivity index (χ2n) is 5.31. The summed E-state index contributed by atoms with van der Waals surface area (Å²) in [6.45, 7) is 1.40. The second kappa shape index (κ2) is 9.03. The Bertz CT molecular complexity index is 812. The molecule has 0 fully saturated rings. The van der Waals surface area contributed by atoms with Crippen molar-refractivity contribution in [3.8, 4) is 5.75 Å². The summed E-state index contributed by atoms with van der Waals surface area (Å²) < 4.78 is 5.06. The van der Waals surface area contributed by atoms with Crippen molar-refractivity contribution in [1.29, 1.82) is 0 Å². The molecule has 26 heavy (non-hydrogen) atoms. The van der Waals surface area contributed by atoms with E-state index in [-0.39, 0.29) is 5.91 Å². The fourth-order valence-electron chi connectivity index (χ4n) is 2.03. The highest BCUT2D eigenvalue weighted by Crippen LogP contribution is 2.12. The molecule has 2 aromatic carbocycles. The van der Waals surface area contributed by atoms with Crippen LogP contribution in [-0.2, 0) is 9.59 Å². The van der Waals surface area contributed by atoms with Gasteiger partial charge in [0.2, 0.25) is 5.91 Å². The first-order chi connectivity index (χ1) is 12.5. The molecule has 7 nitrogen and oxygen atoms in total. The molecule has 2 rings (SSSR count). The van der Waals surface area contributed by atoms with E-state index in [4.69, 9.17) is 4.74 Å². The van der Waals surface area contributed by atoms with Crippen LogP contribution in [0, 0.1) is 0 Å². The molecule has 134 valence electrons. The number of hydrogen-bond donors (Lipinski definition) is 3. The predicted octanol–water partition coefficient (Wildman–Crippen LogP) is 2.13. The van der Waals surface area contributed by atoms with Gasteiger partial charge in [0.15, 0.2) is 0 Å². The van der Waals surface area contributed by atoms with Crippen molar-refractivity contribution in [2.75, 3.05) is 12.4 Å². The van der Waals surface area contributed by atoms with Crippen LogP contribution in [0.1, 0.15) is 22.8 Å². The van der Waals surface area contributed by atoms with Crippen LogP contribution in [0.3, 0.4) is 0 Å². The lowest BCUT2D eigenvalue weighted by molar-refractivity contribution is -0.117. The maximum absolute atomic E-state index is 12.0. The van der Waals surface area contributed by atoms with Crippen LogP contribution in [-0.4, -0.2) is 24.8 Å². The van der Waals surface area contributed by atoms with Crippen LogP contribution < -0.4 is 20.9 Å². The van der Waals surface area contributed by atoms with Gasteiger partial charge in [-0.2, -0.15) is 0 Å². The minimum absolute atomic E-state index is 0.196. The van der Waals surface area contributed by atoms with Gasteiger partial charge in [0.05, 0.1) is 7.11 Å². The van der Waals surface area contributed by atoms with E-state index in [1.807, 2.05) is 0 Å². The number of carbonyl (C=O) groups excluding carboxylic acids is 3. The lowest BCUT2D eigenvalue weighted by Gasteiger charge is -2.06. The molecule has 0 aromatic heterocycles. The molecule has 0 aliphatic heterocycles. The van der Waals surface area contributed by atoms with Crippen LogP contribution in [0.15, 0.2) is 54.6 Å². The number of methoxy groups -OCH3 is 1. The van der Waals surface area contributed by atoms with Crippen LogP contribution in [0.4, 0.5) is 5.69 Å². The van der Waals surface area contributed by atoms with E-state index in [0.29, 0.717) is 11.3 Å². The Kier molecular flexibility index (Phi) is 6.50. The van der Waals surface area contributed by atoms with Crippen molar-refractivity contribution in [1.82, 2.24) is 10.9 Å². The number of amides is 3. The maximum Gasteiger partial charge on any atom is 0.269 e. The molecule has 0 spiro atoms. The Morgan fingerprint density at radius 2 is 1.58 bits per heavy atom. The van der Waals surface area contributed by atoms with Gasteiger partial charge in [0.25, 0.3) is 11.8 Å². The first-order valence-corrected chi connectivity index (χ1v) is 7.78. The normalized spacial score (nSPS) is 10.2. The number of hydrogen-bond acceptors (Lipinski definition) is 4. The fourth-order valence-corrected chi connectivity index (χ4v) is 2.03. The maximum atomic E-state index is 12.0. The zero-order chi connectivity index (χ0) is 18.9. The summed E-state index contributed by atoms with van der Waals surface area (Å²) in [7, 11) is 1.58. The highest BCUT2D eigenvalue weighted by molar-refractivity contribution is 5.98. The van der Waals surface area contributed by atoms with Gasteiger partial charge in [-0.25, -0.2) is 0 Å². The first-order valence-electron chi connectivity index (χ1n) is 7.78. The molecule has 0 saturated heterocycles. The summed E-state index contributed by atoms with van der Waals surface area (Å²) in [6.07, 6.45) is 2.92. The smallest absolute Gasteiger partial charge is 0.269 e. The van der Waals surface area contributed by atoms with E-state index in [9.17, 15) is 14.4 Å². The van der Waals surface area contributed by atoms with Crippen LogP contribution >= 0.6 is 0 Å². The third-order valence-corrected chi connectivity index (χ3v) is 3.31. The minimum Gasteiger partial charge on any atom is -0.497 e. The summed E-state index contributed by atoms with van der Waals surface area (Å²) in [5.74, 6) is -0.406. The molecule has 0 bridgehead atoms. The standard InChI is InChI=1S/C19H19N3O4/c1-13(23)20-16-8-6-15(7-9-16)19(25)22-21-18(24)12-5-14-3-10-17(26-2)11-4-14/h3-12H,1-2H3,(H,20,23)(H,21,24)(H,22,25)/b12-5+. The van der Waals surface area contributed by atoms with E-state index in [2.05, 4.69) is 16.2 Å². The number of rotatable bonds is 5. The van der Waals surface area contributed by atoms with E-state index in [0.717, 1.165) is 11.3 Å². The van der Waals surface area contributed by atoms with Gasteiger partial charge >= 0.3 is 0 Å². The summed E-state index contributed by atoms with van der Waals surface area (Å²) in [5, 5.41) is 2.60. The molecule has 2 aromatic rings. The van der Waals surface area contributed by atoms with Crippen molar-refractivity contribution in [3.05, 3.63) is 65.7 Å². The molecule has 7 heteroatoms. The Labute approximate surface area is 151 Å². The molecule has 3 N–H and O–H groups in total. The third kappa shape index (κ3) is 5.79. The van der Waals surface area contributed by atoms with Crippen LogP contribution in [0.5, 0.6) is 5.75 Å². The Hall–Kier alpha value is -3.61. The zero-order valence-electron chi connectivity index (χ0n) is 14.4. The van der Waals surface area contributed by atoms with Crippen LogP contribution in [0.25, 0.3) is 6.08 Å². The van der Waals surface area contributed by atoms with E-state index in [1.165, 1.54) is 13.0 Å². The first kappa shape index (κ1) is 18.7. The predicted molar refractivity (Wildman–Crippen MR) is 98.4 cm³/mol. The quantitative estimate of drug-likeness (QED) is 0.567. The number of ether oxygens (including phenoxy) is 1. The lowest BCUT2D eigenvalue weighted by Crippen LogP contribution is -2.40. The summed E-state index contributed by atoms with van der Waals surface area (Å²) in [6, 6.07) is 13.5. The Morgan fingerprint density at radius 1 is 0.923 bits per heavy atom. The summed E-state index contributed by atoms with van der Waals surface area (Å²) in [4.78, 5) is 34.7. The number of carbonyl (C=O) groups is 3. The zero-order valence-corrected chi connectivity index (χ0v) is 14.4. The SMILES string of the molecule is COc1ccc(/C=C/C(=O)NNC(=O)c2ccc(NC(C)=O)cc2)cc1. The van der Waals surface area contributed by atoms with Crippen molar-refractivity contribution in [3.63, 3.8) is 0 Å². The molecule has 0 atom stereocenters. The third-order valence-electron chi connectivity index (χ3n) is 3.31. The van der Waals surface area contributed by atoms with Gasteiger partial charge in [0.1, 0.15) is 5.75 Å². The molecule has 0 unspecified atom stereocenters. The van der Waals surface area contributed by atoms with Gasteiger partial charge < -0.3 is 10.1 Å². The Balaban J connectivity index is 1.84. The molecule has 3 amide bonds.